The van der Waals surface area contributed by atoms with Crippen LogP contribution >= 0.6 is 0 Å². The van der Waals surface area contributed by atoms with E-state index in [2.05, 4.69) is 11.8 Å². The molecule has 5 rings (SSSR count). The van der Waals surface area contributed by atoms with Crippen LogP contribution in [0.2, 0.25) is 0 Å². The van der Waals surface area contributed by atoms with E-state index in [9.17, 15) is 34.8 Å². The topological polar surface area (TPSA) is 191 Å². The lowest BCUT2D eigenvalue weighted by Crippen LogP contribution is -2.72. The lowest BCUT2D eigenvalue weighted by atomic mass is 9.46. The van der Waals surface area contributed by atoms with Crippen LogP contribution in [0.4, 0.5) is 11.4 Å². The summed E-state index contributed by atoms with van der Waals surface area (Å²) in [6.07, 6.45) is 0.0749. The molecular weight excluding hydrogens is 564 g/mol. The average molecular weight is 601 g/mol. The number of primary amides is 1. The van der Waals surface area contributed by atoms with Crippen molar-refractivity contribution in [1.29, 1.82) is 0 Å². The van der Waals surface area contributed by atoms with Crippen LogP contribution in [0.3, 0.4) is 0 Å². The molecule has 0 saturated heterocycles. The maximum absolute atomic E-state index is 14.5. The Kier molecular flexibility index (Phi) is 6.88. The smallest absolute Gasteiger partial charge is 0.255 e. The molecule has 11 nitrogen and oxygen atoms in total. The van der Waals surface area contributed by atoms with Crippen LogP contribution in [0.25, 0.3) is 5.76 Å². The van der Waals surface area contributed by atoms with Crippen molar-refractivity contribution in [2.75, 3.05) is 38.8 Å². The SMILES string of the molecule is CN(C)c1cc(C#Cc2ccc(N)cc2)c(O)c2c1C[C@@]1(C)C[C@@]3(C)[C@H](N(C)C)C(=O)C(C(N)=O)=C(O)[C@@]3(O)C(=O)C1=C2O. The number of nitrogens with two attached hydrogens (primary N) is 2. The van der Waals surface area contributed by atoms with Crippen LogP contribution in [0, 0.1) is 22.7 Å². The average Bonchev–Trinajstić information content (AvgIpc) is 2.90. The highest BCUT2D eigenvalue weighted by atomic mass is 16.3. The van der Waals surface area contributed by atoms with E-state index in [1.165, 1.54) is 11.8 Å². The number of nitrogens with zero attached hydrogens (tertiary/aromatic N) is 2. The van der Waals surface area contributed by atoms with Crippen molar-refractivity contribution in [3.05, 3.63) is 69.5 Å². The number of likely N-dealkylation sites (N-methyl/N-ethyl adjacent to an activating group) is 1. The van der Waals surface area contributed by atoms with E-state index in [4.69, 9.17) is 11.5 Å². The minimum Gasteiger partial charge on any atom is -0.508 e. The number of carbonyl (C=O) groups excluding carboxylic acids is 3. The number of amides is 1. The number of aliphatic hydroxyl groups excluding tert-OH is 2. The Bertz CT molecular complexity index is 1780. The molecule has 3 aliphatic carbocycles. The predicted molar refractivity (Wildman–Crippen MR) is 165 cm³/mol. The Labute approximate surface area is 255 Å². The summed E-state index contributed by atoms with van der Waals surface area (Å²) in [6, 6.07) is 7.32. The first-order valence-electron chi connectivity index (χ1n) is 14.0. The Morgan fingerprint density at radius 1 is 1.02 bits per heavy atom. The minimum atomic E-state index is -2.78. The third-order valence-electron chi connectivity index (χ3n) is 9.34. The number of hydrogen-bond acceptors (Lipinski definition) is 10. The monoisotopic (exact) mass is 600 g/mol. The fraction of sp³-hybridized carbons (Fsp3) is 0.364. The molecular formula is C33H36N4O7. The quantitative estimate of drug-likeness (QED) is 0.172. The summed E-state index contributed by atoms with van der Waals surface area (Å²) in [5, 5.41) is 46.7. The van der Waals surface area contributed by atoms with E-state index in [0.717, 1.165) is 0 Å². The van der Waals surface area contributed by atoms with E-state index in [1.807, 2.05) is 0 Å². The molecule has 0 bridgehead atoms. The number of anilines is 2. The summed E-state index contributed by atoms with van der Waals surface area (Å²) in [6.45, 7) is 3.24. The Balaban J connectivity index is 1.79. The number of Topliss-reactive ketones (excluding diaryl/α,β-unsaturated/α-hetero) is 2. The van der Waals surface area contributed by atoms with E-state index in [-0.39, 0.29) is 35.3 Å². The lowest BCUT2D eigenvalue weighted by molar-refractivity contribution is -0.175. The van der Waals surface area contributed by atoms with Gasteiger partial charge in [-0.3, -0.25) is 19.3 Å². The summed E-state index contributed by atoms with van der Waals surface area (Å²) < 4.78 is 0. The van der Waals surface area contributed by atoms with Crippen LogP contribution in [-0.2, 0) is 20.8 Å². The second-order valence-electron chi connectivity index (χ2n) is 12.8. The predicted octanol–water partition coefficient (Wildman–Crippen LogP) is 1.79. The summed E-state index contributed by atoms with van der Waals surface area (Å²) in [5.41, 5.74) is 7.05. The number of aliphatic hydroxyl groups is 3. The summed E-state index contributed by atoms with van der Waals surface area (Å²) in [4.78, 5) is 43.7. The first-order valence-corrected chi connectivity index (χ1v) is 14.0. The minimum absolute atomic E-state index is 0.0273. The molecule has 0 radical (unpaired) electrons. The van der Waals surface area contributed by atoms with Crippen molar-refractivity contribution in [2.24, 2.45) is 16.6 Å². The number of benzene rings is 2. The number of phenols is 1. The van der Waals surface area contributed by atoms with Gasteiger partial charge in [-0.2, -0.15) is 0 Å². The Hall–Kier alpha value is -4.79. The molecule has 0 heterocycles. The summed E-state index contributed by atoms with van der Waals surface area (Å²) in [5.74, 6) is 0.624. The molecule has 1 amide bonds. The molecule has 230 valence electrons. The molecule has 0 aliphatic heterocycles. The number of ketones is 2. The van der Waals surface area contributed by atoms with Gasteiger partial charge in [0.1, 0.15) is 22.8 Å². The number of aromatic hydroxyl groups is 1. The molecule has 2 aromatic rings. The standard InChI is InChI=1S/C33H36N4O7/c1-31-14-19-20(36(3)4)13-17(10-7-16-8-11-18(34)12-9-16)24(38)21(19)25(39)23(31)29(42)33(44)28(41)22(30(35)43)26(40)27(37(5)6)32(33,2)15-31/h8-9,11-13,27,38-39,41,44H,14-15,34H2,1-6H3,(H2,35,43)/t27-,31+,32+,33-/m1/s1. The van der Waals surface area contributed by atoms with Gasteiger partial charge < -0.3 is 36.8 Å². The van der Waals surface area contributed by atoms with Crippen molar-refractivity contribution >= 4 is 34.6 Å². The van der Waals surface area contributed by atoms with Crippen LogP contribution < -0.4 is 16.4 Å². The number of nitrogen functional groups attached to an aromatic ring is 1. The zero-order chi connectivity index (χ0) is 32.7. The number of carbonyl (C=O) groups is 3. The molecule has 4 atom stereocenters. The molecule has 3 aliphatic rings. The second kappa shape index (κ2) is 9.87. The van der Waals surface area contributed by atoms with Gasteiger partial charge in [0, 0.05) is 47.4 Å². The largest absolute Gasteiger partial charge is 0.508 e. The van der Waals surface area contributed by atoms with Gasteiger partial charge in [0.05, 0.1) is 17.2 Å². The van der Waals surface area contributed by atoms with Gasteiger partial charge in [-0.15, -0.1) is 0 Å². The van der Waals surface area contributed by atoms with Gasteiger partial charge in [0.2, 0.25) is 5.78 Å². The highest BCUT2D eigenvalue weighted by Gasteiger charge is 2.72. The highest BCUT2D eigenvalue weighted by Crippen LogP contribution is 2.63. The van der Waals surface area contributed by atoms with Crippen molar-refractivity contribution in [3.63, 3.8) is 0 Å². The van der Waals surface area contributed by atoms with Gasteiger partial charge >= 0.3 is 0 Å². The van der Waals surface area contributed by atoms with E-state index >= 15 is 0 Å². The zero-order valence-electron chi connectivity index (χ0n) is 25.4. The lowest BCUT2D eigenvalue weighted by Gasteiger charge is -2.59. The van der Waals surface area contributed by atoms with E-state index in [1.54, 1.807) is 70.3 Å². The number of phenolic OH excluding ortho intramolecular Hbond substituents is 1. The highest BCUT2D eigenvalue weighted by molar-refractivity contribution is 6.25. The summed E-state index contributed by atoms with van der Waals surface area (Å²) >= 11 is 0. The van der Waals surface area contributed by atoms with Gasteiger partial charge in [-0.1, -0.05) is 25.7 Å². The van der Waals surface area contributed by atoms with Crippen LogP contribution in [0.15, 0.2) is 47.2 Å². The molecule has 2 aromatic carbocycles. The van der Waals surface area contributed by atoms with Crippen LogP contribution in [-0.4, -0.2) is 82.6 Å². The molecule has 11 heteroatoms. The molecule has 0 aromatic heterocycles. The van der Waals surface area contributed by atoms with Crippen LogP contribution in [0.1, 0.15) is 42.5 Å². The van der Waals surface area contributed by atoms with Gasteiger partial charge in [-0.05, 0) is 62.8 Å². The van der Waals surface area contributed by atoms with Crippen molar-refractivity contribution in [2.45, 2.75) is 38.3 Å². The first-order chi connectivity index (χ1) is 20.4. The molecule has 1 fully saturated rings. The number of hydrogen-bond donors (Lipinski definition) is 6. The first kappa shape index (κ1) is 30.7. The van der Waals surface area contributed by atoms with Gasteiger partial charge in [0.15, 0.2) is 11.4 Å². The normalized spacial score (nSPS) is 27.8. The number of rotatable bonds is 3. The van der Waals surface area contributed by atoms with E-state index < -0.39 is 57.0 Å². The van der Waals surface area contributed by atoms with Crippen molar-refractivity contribution in [1.82, 2.24) is 4.90 Å². The van der Waals surface area contributed by atoms with Crippen molar-refractivity contribution < 1.29 is 34.8 Å². The van der Waals surface area contributed by atoms with Gasteiger partial charge in [0.25, 0.3) is 5.91 Å². The molecule has 44 heavy (non-hydrogen) atoms. The molecule has 8 N–H and O–H groups in total. The second-order valence-corrected chi connectivity index (χ2v) is 12.8. The zero-order valence-corrected chi connectivity index (χ0v) is 25.4. The maximum Gasteiger partial charge on any atom is 0.255 e. The van der Waals surface area contributed by atoms with Crippen LogP contribution in [0.5, 0.6) is 5.75 Å². The maximum atomic E-state index is 14.5. The Morgan fingerprint density at radius 2 is 1.64 bits per heavy atom. The fourth-order valence-electron chi connectivity index (χ4n) is 7.57. The van der Waals surface area contributed by atoms with Gasteiger partial charge in [-0.25, -0.2) is 0 Å². The molecule has 1 saturated carbocycles. The number of fused-ring (bicyclic) bond motifs is 3. The van der Waals surface area contributed by atoms with Crippen molar-refractivity contribution in [3.8, 4) is 17.6 Å². The van der Waals surface area contributed by atoms with E-state index in [0.29, 0.717) is 22.5 Å². The molecule has 0 unspecified atom stereocenters. The third kappa shape index (κ3) is 4.02. The molecule has 0 spiro atoms. The Morgan fingerprint density at radius 3 is 2.18 bits per heavy atom. The summed E-state index contributed by atoms with van der Waals surface area (Å²) in [7, 11) is 6.72. The fourth-order valence-corrected chi connectivity index (χ4v) is 7.57. The third-order valence-corrected chi connectivity index (χ3v) is 9.34.